The van der Waals surface area contributed by atoms with Gasteiger partial charge in [0, 0.05) is 70.2 Å². The highest BCUT2D eigenvalue weighted by atomic mass is 32.2. The largest absolute Gasteiger partial charge is 0.421 e. The van der Waals surface area contributed by atoms with Crippen LogP contribution >= 0.6 is 0 Å². The number of imidazole rings is 1. The molecule has 4 aliphatic heterocycles. The molecule has 0 bridgehead atoms. The molecule has 4 N–H and O–H groups in total. The molecule has 2 aromatic heterocycles. The van der Waals surface area contributed by atoms with Crippen LogP contribution in [0.2, 0.25) is 0 Å². The Morgan fingerprint density at radius 1 is 1.02 bits per heavy atom. The molecule has 16 nitrogen and oxygen atoms in total. The third kappa shape index (κ3) is 8.47. The molecule has 6 heterocycles. The van der Waals surface area contributed by atoms with Gasteiger partial charge in [-0.15, -0.1) is 0 Å². The van der Waals surface area contributed by atoms with Gasteiger partial charge in [0.2, 0.25) is 27.8 Å². The van der Waals surface area contributed by atoms with E-state index >= 15 is 0 Å². The monoisotopic (exact) mass is 894 g/mol. The number of imide groups is 1. The van der Waals surface area contributed by atoms with Crippen molar-refractivity contribution < 1.29 is 36.3 Å². The number of hydrogen-bond acceptors (Lipinski definition) is 12. The second-order valence-electron chi connectivity index (χ2n) is 18.6. The van der Waals surface area contributed by atoms with Crippen molar-refractivity contribution >= 4 is 50.3 Å². The van der Waals surface area contributed by atoms with Gasteiger partial charge in [-0.2, -0.15) is 18.2 Å². The molecule has 0 radical (unpaired) electrons. The fourth-order valence-corrected chi connectivity index (χ4v) is 11.8. The van der Waals surface area contributed by atoms with Gasteiger partial charge in [-0.3, -0.25) is 28.9 Å². The molecule has 2 amide bonds. The van der Waals surface area contributed by atoms with E-state index in [1.165, 1.54) is 21.6 Å². The van der Waals surface area contributed by atoms with E-state index in [9.17, 15) is 41.1 Å². The summed E-state index contributed by atoms with van der Waals surface area (Å²) in [6.45, 7) is 8.02. The van der Waals surface area contributed by atoms with E-state index in [1.54, 1.807) is 31.5 Å². The molecule has 1 unspecified atom stereocenters. The van der Waals surface area contributed by atoms with Gasteiger partial charge in [-0.25, -0.2) is 22.9 Å². The number of para-hydroxylation sites is 1. The number of anilines is 3. The number of likely N-dealkylation sites (tertiary alicyclic amines) is 2. The maximum Gasteiger partial charge on any atom is 0.421 e. The van der Waals surface area contributed by atoms with E-state index in [2.05, 4.69) is 35.1 Å². The molecule has 5 fully saturated rings. The molecule has 4 saturated heterocycles. The Morgan fingerprint density at radius 3 is 2.44 bits per heavy atom. The molecule has 4 aromatic rings. The van der Waals surface area contributed by atoms with Crippen LogP contribution in [-0.2, 0) is 39.4 Å². The van der Waals surface area contributed by atoms with Crippen LogP contribution < -0.4 is 25.9 Å². The van der Waals surface area contributed by atoms with Gasteiger partial charge in [0.25, 0.3) is 0 Å². The van der Waals surface area contributed by atoms with Crippen molar-refractivity contribution in [2.45, 2.75) is 107 Å². The number of fused-ring (bicyclic) bond motifs is 1. The number of halogens is 3. The summed E-state index contributed by atoms with van der Waals surface area (Å²) < 4.78 is 74.8. The van der Waals surface area contributed by atoms with Gasteiger partial charge in [0.15, 0.2) is 0 Å². The predicted octanol–water partition coefficient (Wildman–Crippen LogP) is 3.94. The van der Waals surface area contributed by atoms with Gasteiger partial charge in [0.1, 0.15) is 17.4 Å². The van der Waals surface area contributed by atoms with Crippen molar-refractivity contribution in [2.24, 2.45) is 12.5 Å². The van der Waals surface area contributed by atoms with Crippen molar-refractivity contribution in [3.63, 3.8) is 0 Å². The van der Waals surface area contributed by atoms with Crippen molar-refractivity contribution in [1.29, 1.82) is 0 Å². The van der Waals surface area contributed by atoms with Crippen molar-refractivity contribution in [3.8, 4) is 0 Å². The number of alkyl halides is 3. The van der Waals surface area contributed by atoms with E-state index in [1.807, 2.05) is 18.2 Å². The lowest BCUT2D eigenvalue weighted by Gasteiger charge is -2.56. The fourth-order valence-electron chi connectivity index (χ4n) is 10.4. The predicted molar refractivity (Wildman–Crippen MR) is 228 cm³/mol. The third-order valence-electron chi connectivity index (χ3n) is 13.8. The Bertz CT molecular complexity index is 2630. The maximum atomic E-state index is 13.9. The summed E-state index contributed by atoms with van der Waals surface area (Å²) in [5.41, 5.74) is 1.27. The second kappa shape index (κ2) is 16.0. The molecule has 63 heavy (non-hydrogen) atoms. The molecule has 338 valence electrons. The Labute approximate surface area is 362 Å². The van der Waals surface area contributed by atoms with Crippen LogP contribution in [0, 0.1) is 12.3 Å². The summed E-state index contributed by atoms with van der Waals surface area (Å²) in [5.74, 6) is -1.18. The lowest BCUT2D eigenvalue weighted by atomic mass is 9.71. The number of carbonyl (C=O) groups is 2. The summed E-state index contributed by atoms with van der Waals surface area (Å²) in [6, 6.07) is 9.67. The number of aryl methyl sites for hydroxylation is 2. The van der Waals surface area contributed by atoms with Gasteiger partial charge < -0.3 is 20.2 Å². The van der Waals surface area contributed by atoms with E-state index < -0.39 is 39.3 Å². The Morgan fingerprint density at radius 2 is 1.76 bits per heavy atom. The summed E-state index contributed by atoms with van der Waals surface area (Å²) in [5, 5.41) is 15.9. The van der Waals surface area contributed by atoms with Crippen molar-refractivity contribution in [1.82, 2.24) is 38.9 Å². The average molecular weight is 895 g/mol. The summed E-state index contributed by atoms with van der Waals surface area (Å²) in [4.78, 5) is 52.3. The van der Waals surface area contributed by atoms with Gasteiger partial charge in [-0.1, -0.05) is 12.1 Å². The van der Waals surface area contributed by atoms with Gasteiger partial charge >= 0.3 is 11.9 Å². The molecular weight excluding hydrogens is 842 g/mol. The standard InChI is InChI=1S/C43H53F3N10O6S/c1-26-18-30(8-9-32(26)48-39-47-21-31(43(44,45)46)37(50-39)55-15-5-12-41(2,60)23-55)63(61,62)51-28-19-29(20-28)54-16-13-42(14-17-54)24-53(25-42)22-27-6-4-7-33-36(27)52(3)40(59)56(33)34-10-11-35(57)49-38(34)58/h4,6-9,18,21,28-29,34,51,60H,5,10-17,19-20,22-25H2,1-3H3,(H,47,48,50)(H,49,57,58)/t28?,29?,34?,41-/m0/s1. The average Bonchev–Trinajstić information content (AvgIpc) is 3.45. The van der Waals surface area contributed by atoms with Crippen LogP contribution in [0.1, 0.15) is 81.0 Å². The molecule has 1 saturated carbocycles. The van der Waals surface area contributed by atoms with Gasteiger partial charge in [0.05, 0.1) is 21.5 Å². The zero-order valence-corrected chi connectivity index (χ0v) is 36.4. The topological polar surface area (TPSA) is 187 Å². The molecule has 1 aliphatic carbocycles. The first-order chi connectivity index (χ1) is 29.8. The van der Waals surface area contributed by atoms with E-state index in [4.69, 9.17) is 0 Å². The minimum Gasteiger partial charge on any atom is -0.388 e. The molecule has 20 heteroatoms. The number of nitrogens with one attached hydrogen (secondary N) is 3. The second-order valence-corrected chi connectivity index (χ2v) is 20.4. The number of benzene rings is 2. The number of carbonyl (C=O) groups excluding carboxylic acids is 2. The van der Waals surface area contributed by atoms with E-state index in [0.29, 0.717) is 55.5 Å². The van der Waals surface area contributed by atoms with Gasteiger partial charge in [-0.05, 0) is 113 Å². The van der Waals surface area contributed by atoms with Crippen LogP contribution in [0.5, 0.6) is 0 Å². The number of amides is 2. The highest BCUT2D eigenvalue weighted by Crippen LogP contribution is 2.44. The summed E-state index contributed by atoms with van der Waals surface area (Å²) in [7, 11) is -2.13. The zero-order valence-electron chi connectivity index (χ0n) is 35.5. The number of aliphatic hydroxyl groups is 1. The smallest absolute Gasteiger partial charge is 0.388 e. The number of nitrogens with zero attached hydrogens (tertiary/aromatic N) is 7. The Hall–Kier alpha value is -4.89. The number of hydrogen-bond donors (Lipinski definition) is 4. The van der Waals surface area contributed by atoms with Crippen LogP contribution in [-0.4, -0.2) is 111 Å². The maximum absolute atomic E-state index is 13.9. The van der Waals surface area contributed by atoms with Crippen LogP contribution in [0.25, 0.3) is 11.0 Å². The van der Waals surface area contributed by atoms with E-state index in [-0.39, 0.29) is 65.1 Å². The van der Waals surface area contributed by atoms with Crippen LogP contribution in [0.4, 0.5) is 30.6 Å². The zero-order chi connectivity index (χ0) is 44.6. The number of sulfonamides is 1. The normalized spacial score (nSPS) is 25.8. The lowest BCUT2D eigenvalue weighted by molar-refractivity contribution is -0.138. The fraction of sp³-hybridized carbons (Fsp3) is 0.558. The molecular formula is C43H53F3N10O6S. The Kier molecular flexibility index (Phi) is 11.0. The third-order valence-corrected chi connectivity index (χ3v) is 15.4. The number of rotatable bonds is 10. The summed E-state index contributed by atoms with van der Waals surface area (Å²) >= 11 is 0. The Balaban J connectivity index is 0.764. The molecule has 9 rings (SSSR count). The quantitative estimate of drug-likeness (QED) is 0.169. The lowest BCUT2D eigenvalue weighted by Crippen LogP contribution is -2.62. The minimum absolute atomic E-state index is 0.00867. The summed E-state index contributed by atoms with van der Waals surface area (Å²) in [6.07, 6.45) is 0.977. The molecule has 2 aromatic carbocycles. The SMILES string of the molecule is Cc1cc(S(=O)(=O)NC2CC(N3CCC4(CC3)CN(Cc3cccc5c3n(C)c(=O)n5C3CCC(=O)NC3=O)C4)C2)ccc1Nc1ncc(C(F)(F)F)c(N2CCC[C@](C)(O)C2)n1. The first kappa shape index (κ1) is 43.4. The minimum atomic E-state index is -4.70. The highest BCUT2D eigenvalue weighted by Gasteiger charge is 2.47. The number of β-amino-alcohol motifs (C(OH)–C–C–N with tert-alkyl or cyclic N) is 1. The van der Waals surface area contributed by atoms with Crippen molar-refractivity contribution in [3.05, 3.63) is 69.8 Å². The first-order valence-corrected chi connectivity index (χ1v) is 23.1. The van der Waals surface area contributed by atoms with E-state index in [0.717, 1.165) is 56.3 Å². The van der Waals surface area contributed by atoms with Crippen molar-refractivity contribution in [2.75, 3.05) is 49.5 Å². The van der Waals surface area contributed by atoms with Crippen LogP contribution in [0.15, 0.2) is 52.3 Å². The number of piperidine rings is 3. The first-order valence-electron chi connectivity index (χ1n) is 21.6. The molecule has 5 aliphatic rings. The molecule has 2 atom stereocenters. The number of aromatic nitrogens is 4. The highest BCUT2D eigenvalue weighted by molar-refractivity contribution is 7.89. The molecule has 1 spiro atoms. The van der Waals surface area contributed by atoms with Crippen LogP contribution in [0.3, 0.4) is 0 Å².